The van der Waals surface area contributed by atoms with E-state index in [0.717, 1.165) is 12.1 Å². The van der Waals surface area contributed by atoms with Crippen LogP contribution in [0.25, 0.3) is 0 Å². The van der Waals surface area contributed by atoms with Gasteiger partial charge in [-0.05, 0) is 42.8 Å². The average molecular weight is 384 g/mol. The standard InChI is InChI=1S/C20H24N4O4/c1-4-15(2)20(25)28-14-13-23(3)18-9-5-16(6-10-18)21-22-17-7-11-19(12-8-17)24(26)27/h5-12,15H,4,13-14H2,1-3H3. The van der Waals surface area contributed by atoms with Crippen molar-refractivity contribution in [3.8, 4) is 0 Å². The van der Waals surface area contributed by atoms with Gasteiger partial charge in [-0.2, -0.15) is 10.2 Å². The van der Waals surface area contributed by atoms with Crippen molar-refractivity contribution in [2.24, 2.45) is 16.1 Å². The zero-order valence-electron chi connectivity index (χ0n) is 16.2. The van der Waals surface area contributed by atoms with Crippen LogP contribution in [0.15, 0.2) is 58.8 Å². The maximum absolute atomic E-state index is 11.7. The van der Waals surface area contributed by atoms with E-state index < -0.39 is 4.92 Å². The van der Waals surface area contributed by atoms with Gasteiger partial charge in [-0.15, -0.1) is 0 Å². The van der Waals surface area contributed by atoms with E-state index in [9.17, 15) is 14.9 Å². The van der Waals surface area contributed by atoms with Gasteiger partial charge >= 0.3 is 5.97 Å². The highest BCUT2D eigenvalue weighted by Gasteiger charge is 2.12. The predicted molar refractivity (Wildman–Crippen MR) is 107 cm³/mol. The maximum atomic E-state index is 11.7. The van der Waals surface area contributed by atoms with Crippen molar-refractivity contribution in [2.45, 2.75) is 20.3 Å². The van der Waals surface area contributed by atoms with E-state index in [0.29, 0.717) is 24.5 Å². The van der Waals surface area contributed by atoms with Crippen LogP contribution in [0, 0.1) is 16.0 Å². The van der Waals surface area contributed by atoms with Crippen molar-refractivity contribution in [2.75, 3.05) is 25.1 Å². The fourth-order valence-corrected chi connectivity index (χ4v) is 2.25. The smallest absolute Gasteiger partial charge is 0.308 e. The first kappa shape index (κ1) is 21.0. The van der Waals surface area contributed by atoms with Gasteiger partial charge in [0, 0.05) is 24.9 Å². The van der Waals surface area contributed by atoms with Crippen molar-refractivity contribution < 1.29 is 14.5 Å². The van der Waals surface area contributed by atoms with Crippen molar-refractivity contribution in [3.05, 3.63) is 58.6 Å². The summed E-state index contributed by atoms with van der Waals surface area (Å²) in [6, 6.07) is 13.3. The Labute approximate surface area is 164 Å². The highest BCUT2D eigenvalue weighted by atomic mass is 16.6. The number of azo groups is 1. The van der Waals surface area contributed by atoms with Crippen LogP contribution in [-0.2, 0) is 9.53 Å². The van der Waals surface area contributed by atoms with Crippen LogP contribution in [0.2, 0.25) is 0 Å². The zero-order chi connectivity index (χ0) is 20.5. The van der Waals surface area contributed by atoms with E-state index in [1.807, 2.05) is 50.1 Å². The summed E-state index contributed by atoms with van der Waals surface area (Å²) in [6.07, 6.45) is 0.768. The largest absolute Gasteiger partial charge is 0.464 e. The molecular weight excluding hydrogens is 360 g/mol. The normalized spacial score (nSPS) is 12.0. The molecule has 2 rings (SSSR count). The first-order chi connectivity index (χ1) is 13.4. The summed E-state index contributed by atoms with van der Waals surface area (Å²) in [6.45, 7) is 4.74. The molecule has 0 N–H and O–H groups in total. The van der Waals surface area contributed by atoms with Crippen LogP contribution in [0.3, 0.4) is 0 Å². The lowest BCUT2D eigenvalue weighted by molar-refractivity contribution is -0.384. The molecule has 0 fully saturated rings. The molecule has 0 spiro atoms. The third-order valence-corrected chi connectivity index (χ3v) is 4.32. The minimum atomic E-state index is -0.457. The number of nitro benzene ring substituents is 1. The van der Waals surface area contributed by atoms with Gasteiger partial charge in [-0.25, -0.2) is 0 Å². The van der Waals surface area contributed by atoms with Gasteiger partial charge in [0.2, 0.25) is 0 Å². The van der Waals surface area contributed by atoms with Crippen molar-refractivity contribution >= 4 is 28.7 Å². The molecule has 28 heavy (non-hydrogen) atoms. The number of esters is 1. The van der Waals surface area contributed by atoms with Crippen molar-refractivity contribution in [3.63, 3.8) is 0 Å². The van der Waals surface area contributed by atoms with E-state index >= 15 is 0 Å². The van der Waals surface area contributed by atoms with Gasteiger partial charge < -0.3 is 9.64 Å². The number of likely N-dealkylation sites (N-methyl/N-ethyl adjacent to an activating group) is 1. The van der Waals surface area contributed by atoms with Crippen LogP contribution in [0.1, 0.15) is 20.3 Å². The van der Waals surface area contributed by atoms with Gasteiger partial charge in [0.15, 0.2) is 0 Å². The molecule has 2 aromatic rings. The quantitative estimate of drug-likeness (QED) is 0.261. The molecular formula is C20H24N4O4. The Morgan fingerprint density at radius 2 is 1.64 bits per heavy atom. The molecule has 0 aliphatic rings. The topological polar surface area (TPSA) is 97.4 Å². The monoisotopic (exact) mass is 384 g/mol. The summed E-state index contributed by atoms with van der Waals surface area (Å²) in [7, 11) is 1.92. The first-order valence-corrected chi connectivity index (χ1v) is 9.04. The summed E-state index contributed by atoms with van der Waals surface area (Å²) in [4.78, 5) is 23.9. The number of carbonyl (C=O) groups is 1. The Morgan fingerprint density at radius 1 is 1.11 bits per heavy atom. The lowest BCUT2D eigenvalue weighted by Gasteiger charge is -2.19. The number of benzene rings is 2. The predicted octanol–water partition coefficient (Wildman–Crippen LogP) is 5.04. The Balaban J connectivity index is 1.88. The Bertz CT molecular complexity index is 819. The third-order valence-electron chi connectivity index (χ3n) is 4.32. The number of rotatable bonds is 9. The van der Waals surface area contributed by atoms with Crippen LogP contribution in [0.5, 0.6) is 0 Å². The van der Waals surface area contributed by atoms with Crippen LogP contribution >= 0.6 is 0 Å². The van der Waals surface area contributed by atoms with Crippen molar-refractivity contribution in [1.29, 1.82) is 0 Å². The van der Waals surface area contributed by atoms with E-state index in [4.69, 9.17) is 4.74 Å². The molecule has 0 amide bonds. The van der Waals surface area contributed by atoms with Gasteiger partial charge in [0.05, 0.1) is 28.8 Å². The van der Waals surface area contributed by atoms with Crippen LogP contribution < -0.4 is 4.90 Å². The molecule has 0 bridgehead atoms. The fourth-order valence-electron chi connectivity index (χ4n) is 2.25. The number of non-ortho nitro benzene ring substituents is 1. The van der Waals surface area contributed by atoms with Crippen LogP contribution in [-0.4, -0.2) is 31.1 Å². The Hall–Kier alpha value is -3.29. The second kappa shape index (κ2) is 10.1. The maximum Gasteiger partial charge on any atom is 0.308 e. The zero-order valence-corrected chi connectivity index (χ0v) is 16.2. The molecule has 8 nitrogen and oxygen atoms in total. The van der Waals surface area contributed by atoms with Gasteiger partial charge in [-0.1, -0.05) is 13.8 Å². The average Bonchev–Trinajstić information content (AvgIpc) is 2.72. The third kappa shape index (κ3) is 6.15. The minimum Gasteiger partial charge on any atom is -0.464 e. The number of hydrogen-bond donors (Lipinski definition) is 0. The number of hydrogen-bond acceptors (Lipinski definition) is 7. The van der Waals surface area contributed by atoms with Gasteiger partial charge in [0.1, 0.15) is 6.61 Å². The van der Waals surface area contributed by atoms with E-state index in [2.05, 4.69) is 10.2 Å². The Kier molecular flexibility index (Phi) is 7.62. The summed E-state index contributed by atoms with van der Waals surface area (Å²) in [5.41, 5.74) is 2.18. The number of carbonyl (C=O) groups excluding carboxylic acids is 1. The summed E-state index contributed by atoms with van der Waals surface area (Å²) < 4.78 is 5.27. The molecule has 148 valence electrons. The van der Waals surface area contributed by atoms with E-state index in [-0.39, 0.29) is 17.6 Å². The molecule has 8 heteroatoms. The molecule has 1 atom stereocenters. The highest BCUT2D eigenvalue weighted by Crippen LogP contribution is 2.23. The molecule has 0 aromatic heterocycles. The van der Waals surface area contributed by atoms with Crippen LogP contribution in [0.4, 0.5) is 22.7 Å². The van der Waals surface area contributed by atoms with E-state index in [1.165, 1.54) is 12.1 Å². The molecule has 0 saturated heterocycles. The number of ether oxygens (including phenoxy) is 1. The lowest BCUT2D eigenvalue weighted by Crippen LogP contribution is -2.25. The van der Waals surface area contributed by atoms with Crippen molar-refractivity contribution in [1.82, 2.24) is 0 Å². The summed E-state index contributed by atoms with van der Waals surface area (Å²) in [5.74, 6) is -0.247. The van der Waals surface area contributed by atoms with E-state index in [1.54, 1.807) is 12.1 Å². The van der Waals surface area contributed by atoms with Gasteiger partial charge in [-0.3, -0.25) is 14.9 Å². The molecule has 0 heterocycles. The highest BCUT2D eigenvalue weighted by molar-refractivity contribution is 5.71. The molecule has 0 aliphatic heterocycles. The SMILES string of the molecule is CCC(C)C(=O)OCCN(C)c1ccc(N=Nc2ccc([N+](=O)[O-])cc2)cc1. The lowest BCUT2D eigenvalue weighted by atomic mass is 10.1. The summed E-state index contributed by atoms with van der Waals surface area (Å²) in [5, 5.41) is 18.9. The Morgan fingerprint density at radius 3 is 2.14 bits per heavy atom. The fraction of sp³-hybridized carbons (Fsp3) is 0.350. The summed E-state index contributed by atoms with van der Waals surface area (Å²) >= 11 is 0. The second-order valence-corrected chi connectivity index (χ2v) is 6.39. The number of nitrogens with zero attached hydrogens (tertiary/aromatic N) is 4. The molecule has 0 radical (unpaired) electrons. The van der Waals surface area contributed by atoms with Gasteiger partial charge in [0.25, 0.3) is 5.69 Å². The first-order valence-electron chi connectivity index (χ1n) is 9.04. The molecule has 1 unspecified atom stereocenters. The molecule has 0 aliphatic carbocycles. The minimum absolute atomic E-state index is 0.0150. The molecule has 2 aromatic carbocycles. The number of anilines is 1. The number of nitro groups is 1. The second-order valence-electron chi connectivity index (χ2n) is 6.39. The molecule has 0 saturated carbocycles.